The van der Waals surface area contributed by atoms with Crippen molar-refractivity contribution in [2.75, 3.05) is 6.61 Å². The summed E-state index contributed by atoms with van der Waals surface area (Å²) in [7, 11) is 0. The van der Waals surface area contributed by atoms with Crippen LogP contribution in [-0.2, 0) is 14.3 Å². The van der Waals surface area contributed by atoms with Gasteiger partial charge in [0.25, 0.3) is 5.91 Å². The van der Waals surface area contributed by atoms with Gasteiger partial charge in [0.05, 0.1) is 6.04 Å². The summed E-state index contributed by atoms with van der Waals surface area (Å²) < 4.78 is 7.42. The lowest BCUT2D eigenvalue weighted by atomic mass is 10.0. The van der Waals surface area contributed by atoms with Crippen LogP contribution in [0.5, 0.6) is 0 Å². The Labute approximate surface area is 172 Å². The van der Waals surface area contributed by atoms with E-state index in [0.717, 1.165) is 16.8 Å². The van der Waals surface area contributed by atoms with Crippen LogP contribution in [0.1, 0.15) is 65.5 Å². The number of nitrogens with zero attached hydrogens (tertiary/aromatic N) is 1. The summed E-state index contributed by atoms with van der Waals surface area (Å²) in [6.45, 7) is 9.88. The largest absolute Gasteiger partial charge is 0.452 e. The summed E-state index contributed by atoms with van der Waals surface area (Å²) in [4.78, 5) is 24.1. The van der Waals surface area contributed by atoms with E-state index in [-0.39, 0.29) is 18.6 Å². The summed E-state index contributed by atoms with van der Waals surface area (Å²) in [5, 5.41) is 2.87. The molecule has 1 N–H and O–H groups in total. The first-order valence-electron chi connectivity index (χ1n) is 10.2. The molecule has 0 spiro atoms. The molecule has 0 bridgehead atoms. The number of carbonyl (C=O) groups is 2. The molecule has 154 valence electrons. The van der Waals surface area contributed by atoms with Crippen LogP contribution in [-0.4, -0.2) is 23.1 Å². The van der Waals surface area contributed by atoms with Crippen molar-refractivity contribution in [1.82, 2.24) is 9.88 Å². The monoisotopic (exact) mass is 394 g/mol. The van der Waals surface area contributed by atoms with E-state index in [2.05, 4.69) is 42.8 Å². The number of rotatable bonds is 7. The number of carbonyl (C=O) groups excluding carboxylic acids is 2. The normalized spacial score (nSPS) is 14.8. The van der Waals surface area contributed by atoms with Gasteiger partial charge in [-0.15, -0.1) is 0 Å². The zero-order valence-corrected chi connectivity index (χ0v) is 17.9. The smallest absolute Gasteiger partial charge is 0.331 e. The molecule has 1 fully saturated rings. The molecule has 0 aliphatic heterocycles. The fourth-order valence-electron chi connectivity index (χ4n) is 3.61. The molecular formula is C24H30N2O3. The lowest BCUT2D eigenvalue weighted by Crippen LogP contribution is -2.31. The van der Waals surface area contributed by atoms with Gasteiger partial charge >= 0.3 is 5.97 Å². The van der Waals surface area contributed by atoms with E-state index in [1.54, 1.807) is 6.08 Å². The first-order chi connectivity index (χ1) is 13.8. The van der Waals surface area contributed by atoms with Gasteiger partial charge in [-0.2, -0.15) is 0 Å². The van der Waals surface area contributed by atoms with Crippen LogP contribution in [0, 0.1) is 27.7 Å². The Morgan fingerprint density at radius 1 is 1.17 bits per heavy atom. The minimum absolute atomic E-state index is 0.149. The van der Waals surface area contributed by atoms with Gasteiger partial charge in [0, 0.05) is 23.5 Å². The maximum atomic E-state index is 12.1. The number of nitrogens with one attached hydrogen (secondary N) is 1. The SMILES string of the molecule is Cc1ccc([C@@H](C)NC(=O)COC(=O)/C=C/c2cc(C)n(C3CC3)c2C)cc1C. The van der Waals surface area contributed by atoms with Gasteiger partial charge in [-0.05, 0) is 81.9 Å². The molecule has 29 heavy (non-hydrogen) atoms. The van der Waals surface area contributed by atoms with E-state index >= 15 is 0 Å². The fraction of sp³-hybridized carbons (Fsp3) is 0.417. The first kappa shape index (κ1) is 20.9. The van der Waals surface area contributed by atoms with E-state index < -0.39 is 5.97 Å². The Bertz CT molecular complexity index is 951. The molecule has 5 nitrogen and oxygen atoms in total. The standard InChI is InChI=1S/C24H30N2O3/c1-15-6-7-20(12-16(15)2)18(4)25-23(27)14-29-24(28)11-8-21-13-17(3)26(19(21)5)22-9-10-22/h6-8,11-13,18,22H,9-10,14H2,1-5H3,(H,25,27)/b11-8+/t18-/m1/s1. The summed E-state index contributed by atoms with van der Waals surface area (Å²) in [5.41, 5.74) is 6.80. The average molecular weight is 395 g/mol. The van der Waals surface area contributed by atoms with Crippen LogP contribution in [0.3, 0.4) is 0 Å². The molecule has 1 aliphatic carbocycles. The number of hydrogen-bond acceptors (Lipinski definition) is 3. The molecular weight excluding hydrogens is 364 g/mol. The number of aromatic nitrogens is 1. The average Bonchev–Trinajstić information content (AvgIpc) is 3.46. The molecule has 0 radical (unpaired) electrons. The van der Waals surface area contributed by atoms with Crippen molar-refractivity contribution in [3.8, 4) is 0 Å². The number of amides is 1. The minimum atomic E-state index is -0.518. The van der Waals surface area contributed by atoms with Gasteiger partial charge in [0.1, 0.15) is 0 Å². The summed E-state index contributed by atoms with van der Waals surface area (Å²) in [6, 6.07) is 8.64. The van der Waals surface area contributed by atoms with Crippen LogP contribution < -0.4 is 5.32 Å². The Morgan fingerprint density at radius 2 is 1.90 bits per heavy atom. The van der Waals surface area contributed by atoms with Crippen molar-refractivity contribution in [2.45, 2.75) is 59.5 Å². The molecule has 3 rings (SSSR count). The molecule has 1 amide bonds. The molecule has 1 saturated carbocycles. The zero-order valence-electron chi connectivity index (χ0n) is 17.9. The lowest BCUT2D eigenvalue weighted by molar-refractivity contribution is -0.144. The first-order valence-corrected chi connectivity index (χ1v) is 10.2. The fourth-order valence-corrected chi connectivity index (χ4v) is 3.61. The van der Waals surface area contributed by atoms with Crippen molar-refractivity contribution in [3.63, 3.8) is 0 Å². The van der Waals surface area contributed by atoms with Gasteiger partial charge in [-0.1, -0.05) is 18.2 Å². The minimum Gasteiger partial charge on any atom is -0.452 e. The third kappa shape index (κ3) is 5.17. The van der Waals surface area contributed by atoms with Crippen LogP contribution in [0.4, 0.5) is 0 Å². The molecule has 1 aromatic heterocycles. The summed E-state index contributed by atoms with van der Waals surface area (Å²) >= 11 is 0. The molecule has 0 unspecified atom stereocenters. The van der Waals surface area contributed by atoms with Gasteiger partial charge in [-0.25, -0.2) is 4.79 Å². The highest BCUT2D eigenvalue weighted by molar-refractivity contribution is 5.89. The van der Waals surface area contributed by atoms with Crippen molar-refractivity contribution in [3.05, 3.63) is 64.0 Å². The third-order valence-electron chi connectivity index (χ3n) is 5.59. The summed E-state index contributed by atoms with van der Waals surface area (Å²) in [6.07, 6.45) is 5.59. The second-order valence-electron chi connectivity index (χ2n) is 8.00. The molecule has 1 aliphatic rings. The molecule has 0 saturated heterocycles. The van der Waals surface area contributed by atoms with Gasteiger partial charge in [-0.3, -0.25) is 4.79 Å². The number of esters is 1. The third-order valence-corrected chi connectivity index (χ3v) is 5.59. The van der Waals surface area contributed by atoms with Crippen LogP contribution >= 0.6 is 0 Å². The number of aryl methyl sites for hydroxylation is 3. The Kier molecular flexibility index (Phi) is 6.26. The molecule has 1 aromatic carbocycles. The zero-order chi connectivity index (χ0) is 21.1. The van der Waals surface area contributed by atoms with Crippen LogP contribution in [0.15, 0.2) is 30.3 Å². The van der Waals surface area contributed by atoms with Crippen LogP contribution in [0.2, 0.25) is 0 Å². The van der Waals surface area contributed by atoms with Crippen LogP contribution in [0.25, 0.3) is 6.08 Å². The predicted octanol–water partition coefficient (Wildman–Crippen LogP) is 4.49. The molecule has 5 heteroatoms. The molecule has 1 heterocycles. The maximum absolute atomic E-state index is 12.1. The predicted molar refractivity (Wildman–Crippen MR) is 115 cm³/mol. The number of ether oxygens (including phenoxy) is 1. The van der Waals surface area contributed by atoms with Crippen molar-refractivity contribution >= 4 is 18.0 Å². The van der Waals surface area contributed by atoms with E-state index in [4.69, 9.17) is 4.74 Å². The Hall–Kier alpha value is -2.82. The highest BCUT2D eigenvalue weighted by Crippen LogP contribution is 2.38. The van der Waals surface area contributed by atoms with Crippen molar-refractivity contribution in [1.29, 1.82) is 0 Å². The lowest BCUT2D eigenvalue weighted by Gasteiger charge is -2.15. The van der Waals surface area contributed by atoms with Gasteiger partial charge in [0.2, 0.25) is 0 Å². The number of benzene rings is 1. The van der Waals surface area contributed by atoms with E-state index in [1.807, 2.05) is 26.0 Å². The van der Waals surface area contributed by atoms with Gasteiger partial charge in [0.15, 0.2) is 6.61 Å². The second kappa shape index (κ2) is 8.68. The molecule has 2 aromatic rings. The quantitative estimate of drug-likeness (QED) is 0.556. The van der Waals surface area contributed by atoms with E-state index in [1.165, 1.54) is 35.7 Å². The van der Waals surface area contributed by atoms with Crippen molar-refractivity contribution in [2.24, 2.45) is 0 Å². The van der Waals surface area contributed by atoms with Gasteiger partial charge < -0.3 is 14.6 Å². The number of hydrogen-bond donors (Lipinski definition) is 1. The second-order valence-corrected chi connectivity index (χ2v) is 8.00. The van der Waals surface area contributed by atoms with E-state index in [9.17, 15) is 9.59 Å². The Balaban J connectivity index is 1.50. The molecule has 1 atom stereocenters. The maximum Gasteiger partial charge on any atom is 0.331 e. The topological polar surface area (TPSA) is 60.3 Å². The highest BCUT2D eigenvalue weighted by Gasteiger charge is 2.26. The summed E-state index contributed by atoms with van der Waals surface area (Å²) in [5.74, 6) is -0.834. The Morgan fingerprint density at radius 3 is 2.55 bits per heavy atom. The van der Waals surface area contributed by atoms with Crippen molar-refractivity contribution < 1.29 is 14.3 Å². The highest BCUT2D eigenvalue weighted by atomic mass is 16.5. The van der Waals surface area contributed by atoms with E-state index in [0.29, 0.717) is 6.04 Å².